The van der Waals surface area contributed by atoms with Gasteiger partial charge in [0.1, 0.15) is 12.6 Å². The first-order valence-electron chi connectivity index (χ1n) is 12.6. The molecular formula is C29H33BrClN3O4S. The average Bonchev–Trinajstić information content (AvgIpc) is 2.89. The molecule has 0 saturated carbocycles. The topological polar surface area (TPSA) is 86.8 Å². The van der Waals surface area contributed by atoms with E-state index in [0.29, 0.717) is 10.7 Å². The van der Waals surface area contributed by atoms with Gasteiger partial charge in [0.05, 0.1) is 11.9 Å². The van der Waals surface area contributed by atoms with E-state index in [2.05, 4.69) is 21.2 Å². The Morgan fingerprint density at radius 2 is 1.62 bits per heavy atom. The summed E-state index contributed by atoms with van der Waals surface area (Å²) in [4.78, 5) is 29.1. The Labute approximate surface area is 244 Å². The van der Waals surface area contributed by atoms with Gasteiger partial charge in [0.2, 0.25) is 21.8 Å². The normalized spacial score (nSPS) is 12.8. The maximum absolute atomic E-state index is 14.0. The zero-order chi connectivity index (χ0) is 28.6. The Morgan fingerprint density at radius 3 is 2.21 bits per heavy atom. The van der Waals surface area contributed by atoms with Gasteiger partial charge < -0.3 is 10.2 Å². The number of carbonyl (C=O) groups excluding carboxylic acids is 2. The summed E-state index contributed by atoms with van der Waals surface area (Å²) in [6, 6.07) is 22.2. The molecular weight excluding hydrogens is 602 g/mol. The fraction of sp³-hybridized carbons (Fsp3) is 0.310. The number of hydrogen-bond donors (Lipinski definition) is 1. The zero-order valence-electron chi connectivity index (χ0n) is 22.2. The molecule has 208 valence electrons. The number of sulfonamides is 1. The maximum atomic E-state index is 14.0. The molecule has 0 aliphatic carbocycles. The van der Waals surface area contributed by atoms with E-state index >= 15 is 0 Å². The maximum Gasteiger partial charge on any atom is 0.244 e. The van der Waals surface area contributed by atoms with Crippen LogP contribution in [0.3, 0.4) is 0 Å². The lowest BCUT2D eigenvalue weighted by molar-refractivity contribution is -0.140. The molecule has 3 aromatic carbocycles. The molecule has 0 aromatic heterocycles. The van der Waals surface area contributed by atoms with Gasteiger partial charge in [-0.15, -0.1) is 0 Å². The molecule has 0 aliphatic heterocycles. The van der Waals surface area contributed by atoms with Crippen LogP contribution in [0.5, 0.6) is 0 Å². The molecule has 0 fully saturated rings. The predicted molar refractivity (Wildman–Crippen MR) is 160 cm³/mol. The molecule has 1 N–H and O–H groups in total. The highest BCUT2D eigenvalue weighted by molar-refractivity contribution is 9.10. The molecule has 10 heteroatoms. The van der Waals surface area contributed by atoms with Crippen LogP contribution in [0.25, 0.3) is 0 Å². The van der Waals surface area contributed by atoms with Crippen molar-refractivity contribution < 1.29 is 18.0 Å². The number of nitrogens with one attached hydrogen (secondary N) is 1. The highest BCUT2D eigenvalue weighted by Crippen LogP contribution is 2.23. The van der Waals surface area contributed by atoms with Crippen molar-refractivity contribution in [3.05, 3.63) is 99.5 Å². The van der Waals surface area contributed by atoms with E-state index in [1.807, 2.05) is 68.4 Å². The lowest BCUT2D eigenvalue weighted by Crippen LogP contribution is -2.54. The minimum Gasteiger partial charge on any atom is -0.352 e. The van der Waals surface area contributed by atoms with Gasteiger partial charge in [-0.1, -0.05) is 76.9 Å². The Hall–Kier alpha value is -2.88. The first kappa shape index (κ1) is 30.7. The molecule has 0 heterocycles. The van der Waals surface area contributed by atoms with Crippen molar-refractivity contribution >= 4 is 55.1 Å². The molecule has 0 unspecified atom stereocenters. The van der Waals surface area contributed by atoms with E-state index in [1.54, 1.807) is 24.3 Å². The van der Waals surface area contributed by atoms with Crippen molar-refractivity contribution in [1.29, 1.82) is 0 Å². The van der Waals surface area contributed by atoms with E-state index < -0.39 is 28.5 Å². The molecule has 0 radical (unpaired) electrons. The molecule has 39 heavy (non-hydrogen) atoms. The lowest BCUT2D eigenvalue weighted by atomic mass is 10.0. The smallest absolute Gasteiger partial charge is 0.244 e. The summed E-state index contributed by atoms with van der Waals surface area (Å²) in [5.41, 5.74) is 1.98. The molecule has 0 saturated heterocycles. The number of carbonyl (C=O) groups is 2. The van der Waals surface area contributed by atoms with Gasteiger partial charge in [0.25, 0.3) is 0 Å². The number of amides is 2. The van der Waals surface area contributed by atoms with Gasteiger partial charge >= 0.3 is 0 Å². The molecule has 7 nitrogen and oxygen atoms in total. The first-order valence-corrected chi connectivity index (χ1v) is 15.6. The summed E-state index contributed by atoms with van der Waals surface area (Å²) in [5.74, 6) is -0.801. The van der Waals surface area contributed by atoms with Crippen molar-refractivity contribution in [2.75, 3.05) is 17.1 Å². The minimum absolute atomic E-state index is 0.0971. The Morgan fingerprint density at radius 1 is 0.974 bits per heavy atom. The Bertz CT molecular complexity index is 1370. The quantitative estimate of drug-likeness (QED) is 0.288. The summed E-state index contributed by atoms with van der Waals surface area (Å²) in [7, 11) is -3.83. The zero-order valence-corrected chi connectivity index (χ0v) is 25.3. The first-order chi connectivity index (χ1) is 18.5. The lowest BCUT2D eigenvalue weighted by Gasteiger charge is -2.34. The third-order valence-corrected chi connectivity index (χ3v) is 8.19. The van der Waals surface area contributed by atoms with Crippen LogP contribution in [-0.2, 0) is 32.6 Å². The molecule has 2 atom stereocenters. The van der Waals surface area contributed by atoms with Gasteiger partial charge in [0, 0.05) is 28.5 Å². The number of hydrogen-bond acceptors (Lipinski definition) is 4. The number of nitrogens with zero attached hydrogens (tertiary/aromatic N) is 2. The Kier molecular flexibility index (Phi) is 11.0. The molecule has 2 amide bonds. The van der Waals surface area contributed by atoms with E-state index in [-0.39, 0.29) is 24.9 Å². The summed E-state index contributed by atoms with van der Waals surface area (Å²) >= 11 is 9.48. The van der Waals surface area contributed by atoms with Crippen LogP contribution < -0.4 is 9.62 Å². The van der Waals surface area contributed by atoms with Gasteiger partial charge in [0.15, 0.2) is 0 Å². The third-order valence-electron chi connectivity index (χ3n) is 6.31. The van der Waals surface area contributed by atoms with Crippen LogP contribution in [0.4, 0.5) is 5.69 Å². The number of halogens is 2. The van der Waals surface area contributed by atoms with E-state index in [9.17, 15) is 18.0 Å². The molecule has 3 aromatic rings. The van der Waals surface area contributed by atoms with Crippen molar-refractivity contribution in [2.24, 2.45) is 0 Å². The molecule has 0 aliphatic rings. The second-order valence-electron chi connectivity index (χ2n) is 9.42. The fourth-order valence-electron chi connectivity index (χ4n) is 4.05. The van der Waals surface area contributed by atoms with Crippen LogP contribution in [0.2, 0.25) is 5.02 Å². The minimum atomic E-state index is -3.83. The summed E-state index contributed by atoms with van der Waals surface area (Å²) in [6.07, 6.45) is 2.04. The van der Waals surface area contributed by atoms with Gasteiger partial charge in [-0.2, -0.15) is 0 Å². The van der Waals surface area contributed by atoms with Crippen molar-refractivity contribution in [3.63, 3.8) is 0 Å². The summed E-state index contributed by atoms with van der Waals surface area (Å²) in [5, 5.41) is 3.46. The van der Waals surface area contributed by atoms with Gasteiger partial charge in [-0.05, 0) is 60.9 Å². The second-order valence-corrected chi connectivity index (χ2v) is 12.7. The standard InChI is InChI=1S/C29H33BrClN3O4S/c1-4-21(2)32-29(36)27(18-22-9-6-5-7-10-22)33(19-23-11-8-12-24(30)17-23)28(35)20-34(39(3,37)38)26-15-13-25(31)14-16-26/h5-17,21,27H,4,18-20H2,1-3H3,(H,32,36)/t21-,27+/m1/s1. The number of anilines is 1. The molecule has 3 rings (SSSR count). The van der Waals surface area contributed by atoms with Crippen LogP contribution in [-0.4, -0.2) is 50.0 Å². The predicted octanol–water partition coefficient (Wildman–Crippen LogP) is 5.42. The molecule has 0 spiro atoms. The van der Waals surface area contributed by atoms with E-state index in [0.717, 1.165) is 32.6 Å². The van der Waals surface area contributed by atoms with Crippen LogP contribution in [0.1, 0.15) is 31.4 Å². The summed E-state index contributed by atoms with van der Waals surface area (Å²) < 4.78 is 27.4. The SMILES string of the molecule is CC[C@@H](C)NC(=O)[C@H](Cc1ccccc1)N(Cc1cccc(Br)c1)C(=O)CN(c1ccc(Cl)cc1)S(C)(=O)=O. The van der Waals surface area contributed by atoms with Gasteiger partial charge in [-0.25, -0.2) is 8.42 Å². The molecule has 0 bridgehead atoms. The average molecular weight is 635 g/mol. The Balaban J connectivity index is 2.05. The second kappa shape index (κ2) is 14.0. The van der Waals surface area contributed by atoms with Crippen LogP contribution >= 0.6 is 27.5 Å². The highest BCUT2D eigenvalue weighted by Gasteiger charge is 2.33. The van der Waals surface area contributed by atoms with Crippen molar-refractivity contribution in [3.8, 4) is 0 Å². The van der Waals surface area contributed by atoms with Crippen molar-refractivity contribution in [2.45, 2.75) is 45.3 Å². The largest absolute Gasteiger partial charge is 0.352 e. The third kappa shape index (κ3) is 9.08. The van der Waals surface area contributed by atoms with E-state index in [4.69, 9.17) is 11.6 Å². The number of benzene rings is 3. The van der Waals surface area contributed by atoms with Crippen LogP contribution in [0.15, 0.2) is 83.3 Å². The van der Waals surface area contributed by atoms with Crippen molar-refractivity contribution in [1.82, 2.24) is 10.2 Å². The highest BCUT2D eigenvalue weighted by atomic mass is 79.9. The summed E-state index contributed by atoms with van der Waals surface area (Å²) in [6.45, 7) is 3.51. The fourth-order valence-corrected chi connectivity index (χ4v) is 5.47. The van der Waals surface area contributed by atoms with Gasteiger partial charge in [-0.3, -0.25) is 13.9 Å². The van der Waals surface area contributed by atoms with E-state index in [1.165, 1.54) is 4.90 Å². The number of rotatable bonds is 12. The monoisotopic (exact) mass is 633 g/mol. The van der Waals surface area contributed by atoms with Crippen LogP contribution in [0, 0.1) is 0 Å².